The van der Waals surface area contributed by atoms with E-state index in [1.165, 1.54) is 0 Å². The van der Waals surface area contributed by atoms with Gasteiger partial charge in [0.1, 0.15) is 0 Å². The van der Waals surface area contributed by atoms with Crippen LogP contribution in [0, 0.1) is 6.92 Å². The maximum Gasteiger partial charge on any atom is 0.303 e. The van der Waals surface area contributed by atoms with Crippen molar-refractivity contribution >= 4 is 5.97 Å². The Kier molecular flexibility index (Phi) is 2.99. The Labute approximate surface area is 98.7 Å². The molecule has 0 amide bonds. The molecule has 0 spiro atoms. The zero-order valence-electron chi connectivity index (χ0n) is 9.80. The fourth-order valence-corrected chi connectivity index (χ4v) is 1.72. The lowest BCUT2D eigenvalue weighted by Crippen LogP contribution is -1.99. The summed E-state index contributed by atoms with van der Waals surface area (Å²) < 4.78 is 7.21. The molecule has 0 radical (unpaired) electrons. The van der Waals surface area contributed by atoms with Crippen LogP contribution in [0.2, 0.25) is 0 Å². The molecule has 0 aliphatic carbocycles. The lowest BCUT2D eigenvalue weighted by molar-refractivity contribution is -0.136. The minimum atomic E-state index is -0.811. The van der Waals surface area contributed by atoms with Gasteiger partial charge in [0.2, 0.25) is 0 Å². The van der Waals surface area contributed by atoms with Gasteiger partial charge in [0, 0.05) is 19.2 Å². The molecule has 5 heteroatoms. The van der Waals surface area contributed by atoms with Crippen molar-refractivity contribution in [1.29, 1.82) is 0 Å². The van der Waals surface area contributed by atoms with Crippen molar-refractivity contribution in [2.45, 2.75) is 19.8 Å². The Morgan fingerprint density at radius 3 is 2.94 bits per heavy atom. The predicted molar refractivity (Wildman–Crippen MR) is 61.6 cm³/mol. The Morgan fingerprint density at radius 1 is 1.59 bits per heavy atom. The van der Waals surface area contributed by atoms with Crippen LogP contribution in [0.15, 0.2) is 22.8 Å². The summed E-state index contributed by atoms with van der Waals surface area (Å²) in [5.74, 6) is 0.611. The third-order valence-corrected chi connectivity index (χ3v) is 2.80. The van der Waals surface area contributed by atoms with Crippen molar-refractivity contribution in [3.63, 3.8) is 0 Å². The summed E-state index contributed by atoms with van der Waals surface area (Å²) in [4.78, 5) is 15.0. The van der Waals surface area contributed by atoms with Crippen LogP contribution in [-0.4, -0.2) is 20.6 Å². The smallest absolute Gasteiger partial charge is 0.303 e. The Hall–Kier alpha value is -2.04. The average molecular weight is 234 g/mol. The topological polar surface area (TPSA) is 68.3 Å². The summed E-state index contributed by atoms with van der Waals surface area (Å²) in [7, 11) is 1.89. The van der Waals surface area contributed by atoms with Gasteiger partial charge >= 0.3 is 5.97 Å². The van der Waals surface area contributed by atoms with Crippen LogP contribution >= 0.6 is 0 Å². The number of hydrogen-bond donors (Lipinski definition) is 1. The highest BCUT2D eigenvalue weighted by atomic mass is 16.4. The molecular weight excluding hydrogens is 220 g/mol. The maximum absolute atomic E-state index is 10.6. The second-order valence-corrected chi connectivity index (χ2v) is 3.90. The van der Waals surface area contributed by atoms with Crippen LogP contribution in [0.25, 0.3) is 11.6 Å². The van der Waals surface area contributed by atoms with Crippen LogP contribution in [-0.2, 0) is 18.3 Å². The highest BCUT2D eigenvalue weighted by Gasteiger charge is 2.15. The van der Waals surface area contributed by atoms with E-state index in [9.17, 15) is 4.79 Å². The summed E-state index contributed by atoms with van der Waals surface area (Å²) in [6.07, 6.45) is 2.13. The number of aromatic nitrogens is 2. The normalized spacial score (nSPS) is 10.7. The number of aliphatic carboxylic acids is 1. The number of nitrogens with zero attached hydrogens (tertiary/aromatic N) is 2. The van der Waals surface area contributed by atoms with Crippen molar-refractivity contribution in [3.05, 3.63) is 29.8 Å². The van der Waals surface area contributed by atoms with Gasteiger partial charge in [-0.15, -0.1) is 0 Å². The zero-order valence-corrected chi connectivity index (χ0v) is 9.80. The fourth-order valence-electron chi connectivity index (χ4n) is 1.72. The first kappa shape index (κ1) is 11.4. The number of carboxylic acid groups (broad SMARTS) is 1. The molecule has 2 rings (SSSR count). The molecule has 2 heterocycles. The van der Waals surface area contributed by atoms with Crippen molar-refractivity contribution in [1.82, 2.24) is 9.55 Å². The molecule has 5 nitrogen and oxygen atoms in total. The van der Waals surface area contributed by atoms with Gasteiger partial charge in [0.15, 0.2) is 11.6 Å². The van der Waals surface area contributed by atoms with Crippen LogP contribution in [0.3, 0.4) is 0 Å². The van der Waals surface area contributed by atoms with Gasteiger partial charge in [-0.05, 0) is 19.1 Å². The molecule has 0 fully saturated rings. The first-order valence-electron chi connectivity index (χ1n) is 5.37. The summed E-state index contributed by atoms with van der Waals surface area (Å²) in [6.45, 7) is 1.93. The average Bonchev–Trinajstić information content (AvgIpc) is 2.88. The fraction of sp³-hybridized carbons (Fsp3) is 0.333. The molecule has 1 N–H and O–H groups in total. The second-order valence-electron chi connectivity index (χ2n) is 3.90. The van der Waals surface area contributed by atoms with Crippen molar-refractivity contribution < 1.29 is 14.3 Å². The molecule has 0 bridgehead atoms. The van der Waals surface area contributed by atoms with E-state index >= 15 is 0 Å². The van der Waals surface area contributed by atoms with Gasteiger partial charge in [0.25, 0.3) is 0 Å². The number of imidazole rings is 1. The second kappa shape index (κ2) is 4.45. The third-order valence-electron chi connectivity index (χ3n) is 2.80. The molecule has 2 aromatic rings. The number of carboxylic acids is 1. The first-order chi connectivity index (χ1) is 8.09. The highest BCUT2D eigenvalue weighted by molar-refractivity contribution is 5.67. The molecule has 0 aliphatic heterocycles. The van der Waals surface area contributed by atoms with Gasteiger partial charge in [0.05, 0.1) is 18.4 Å². The summed E-state index contributed by atoms with van der Waals surface area (Å²) in [5.41, 5.74) is 1.78. The predicted octanol–water partition coefficient (Wildman–Crippen LogP) is 2.01. The third kappa shape index (κ3) is 2.22. The molecule has 2 aromatic heterocycles. The molecule has 0 saturated heterocycles. The number of hydrogen-bond acceptors (Lipinski definition) is 3. The Morgan fingerprint density at radius 2 is 2.35 bits per heavy atom. The first-order valence-corrected chi connectivity index (χ1v) is 5.37. The number of rotatable bonds is 4. The van der Waals surface area contributed by atoms with Crippen LogP contribution < -0.4 is 0 Å². The van der Waals surface area contributed by atoms with E-state index in [2.05, 4.69) is 4.98 Å². The van der Waals surface area contributed by atoms with Gasteiger partial charge in [-0.3, -0.25) is 4.79 Å². The lowest BCUT2D eigenvalue weighted by Gasteiger charge is -1.99. The summed E-state index contributed by atoms with van der Waals surface area (Å²) in [5, 5.41) is 8.67. The van der Waals surface area contributed by atoms with E-state index in [-0.39, 0.29) is 6.42 Å². The summed E-state index contributed by atoms with van der Waals surface area (Å²) in [6, 6.07) is 3.64. The molecule has 0 atom stereocenters. The van der Waals surface area contributed by atoms with Crippen LogP contribution in [0.5, 0.6) is 0 Å². The molecule has 0 aliphatic rings. The van der Waals surface area contributed by atoms with E-state index < -0.39 is 5.97 Å². The minimum Gasteiger partial charge on any atom is -0.481 e. The number of furan rings is 1. The molecule has 0 aromatic carbocycles. The van der Waals surface area contributed by atoms with Gasteiger partial charge < -0.3 is 14.1 Å². The SMILES string of the molecule is Cc1c(CCC(=O)O)nc(-c2ccco2)n1C. The maximum atomic E-state index is 10.6. The van der Waals surface area contributed by atoms with Gasteiger partial charge in [-0.2, -0.15) is 0 Å². The highest BCUT2D eigenvalue weighted by Crippen LogP contribution is 2.22. The van der Waals surface area contributed by atoms with Crippen molar-refractivity contribution in [2.75, 3.05) is 0 Å². The molecule has 0 unspecified atom stereocenters. The van der Waals surface area contributed by atoms with Crippen molar-refractivity contribution in [2.24, 2.45) is 7.05 Å². The molecule has 17 heavy (non-hydrogen) atoms. The Bertz CT molecular complexity index is 526. The largest absolute Gasteiger partial charge is 0.481 e. The number of carbonyl (C=O) groups is 1. The van der Waals surface area contributed by atoms with E-state index in [0.717, 1.165) is 17.2 Å². The number of aryl methyl sites for hydroxylation is 1. The van der Waals surface area contributed by atoms with Crippen LogP contribution in [0.1, 0.15) is 17.8 Å². The molecular formula is C12H14N2O3. The van der Waals surface area contributed by atoms with Crippen molar-refractivity contribution in [3.8, 4) is 11.6 Å². The lowest BCUT2D eigenvalue weighted by atomic mass is 10.2. The molecule has 0 saturated carbocycles. The monoisotopic (exact) mass is 234 g/mol. The van der Waals surface area contributed by atoms with Gasteiger partial charge in [-0.1, -0.05) is 0 Å². The molecule has 90 valence electrons. The van der Waals surface area contributed by atoms with Gasteiger partial charge in [-0.25, -0.2) is 4.98 Å². The van der Waals surface area contributed by atoms with E-state index in [4.69, 9.17) is 9.52 Å². The zero-order chi connectivity index (χ0) is 12.4. The quantitative estimate of drug-likeness (QED) is 0.878. The standard InChI is InChI=1S/C12H14N2O3/c1-8-9(5-6-11(15)16)13-12(14(8)2)10-4-3-7-17-10/h3-4,7H,5-6H2,1-2H3,(H,15,16). The van der Waals surface area contributed by atoms with E-state index in [0.29, 0.717) is 12.2 Å². The summed E-state index contributed by atoms with van der Waals surface area (Å²) >= 11 is 0. The van der Waals surface area contributed by atoms with E-state index in [1.807, 2.05) is 24.6 Å². The Balaban J connectivity index is 2.31. The van der Waals surface area contributed by atoms with Crippen LogP contribution in [0.4, 0.5) is 0 Å². The van der Waals surface area contributed by atoms with E-state index in [1.54, 1.807) is 12.3 Å². The minimum absolute atomic E-state index is 0.0927.